The Morgan fingerprint density at radius 3 is 2.54 bits per heavy atom. The van der Waals surface area contributed by atoms with E-state index in [4.69, 9.17) is 5.73 Å². The predicted molar refractivity (Wildman–Crippen MR) is 63.6 cm³/mol. The van der Waals surface area contributed by atoms with Crippen LogP contribution in [0.5, 0.6) is 0 Å². The second-order valence-electron chi connectivity index (χ2n) is 3.30. The number of rotatable bonds is 1. The van der Waals surface area contributed by atoms with Gasteiger partial charge in [0, 0.05) is 9.15 Å². The van der Waals surface area contributed by atoms with Gasteiger partial charge in [-0.15, -0.1) is 0 Å². The number of allylic oxidation sites excluding steroid dienone is 2. The van der Waals surface area contributed by atoms with Crippen molar-refractivity contribution in [3.8, 4) is 0 Å². The average molecular weight is 292 g/mol. The lowest BCUT2D eigenvalue weighted by Crippen LogP contribution is -2.58. The standard InChI is InChI=1S/C9H14IN3/c1-4-6(10)5(2)8(12)9(13-3)7(4)11/h7,9H,3,11-12H2,1-2H3/p+1. The molecule has 1 aliphatic carbocycles. The van der Waals surface area contributed by atoms with E-state index in [1.165, 1.54) is 14.7 Å². The quantitative estimate of drug-likeness (QED) is 0.540. The Kier molecular flexibility index (Phi) is 3.26. The highest BCUT2D eigenvalue weighted by molar-refractivity contribution is 14.1. The summed E-state index contributed by atoms with van der Waals surface area (Å²) in [5.74, 6) is 0. The maximum absolute atomic E-state index is 6.01. The topological polar surface area (TPSA) is 66.0 Å². The van der Waals surface area contributed by atoms with Crippen LogP contribution in [0, 0.1) is 0 Å². The van der Waals surface area contributed by atoms with Gasteiger partial charge in [-0.1, -0.05) is 0 Å². The van der Waals surface area contributed by atoms with Crippen molar-refractivity contribution in [1.82, 2.24) is 0 Å². The first-order valence-electron chi connectivity index (χ1n) is 4.11. The number of hydrogen-bond donors (Lipinski definition) is 2. The minimum atomic E-state index is -0.0550. The summed E-state index contributed by atoms with van der Waals surface area (Å²) in [7, 11) is 0. The monoisotopic (exact) mass is 292 g/mol. The van der Waals surface area contributed by atoms with E-state index in [0.717, 1.165) is 5.70 Å². The molecular weight excluding hydrogens is 277 g/mol. The molecule has 0 radical (unpaired) electrons. The van der Waals surface area contributed by atoms with E-state index < -0.39 is 0 Å². The molecule has 5 N–H and O–H groups in total. The molecule has 0 amide bonds. The molecule has 0 heterocycles. The summed E-state index contributed by atoms with van der Waals surface area (Å²) < 4.78 is 1.22. The molecule has 2 unspecified atom stereocenters. The largest absolute Gasteiger partial charge is 0.327 e. The van der Waals surface area contributed by atoms with Crippen LogP contribution in [0.3, 0.4) is 0 Å². The number of hydrogen-bond acceptors (Lipinski definition) is 2. The van der Waals surface area contributed by atoms with E-state index in [1.54, 1.807) is 0 Å². The van der Waals surface area contributed by atoms with Crippen LogP contribution in [0.4, 0.5) is 0 Å². The SMILES string of the molecule is C=NC1C([NH3+])=C(C)C(I)=C(C)C1N. The first-order chi connectivity index (χ1) is 6.00. The van der Waals surface area contributed by atoms with E-state index in [2.05, 4.69) is 47.0 Å². The van der Waals surface area contributed by atoms with Crippen molar-refractivity contribution in [3.63, 3.8) is 0 Å². The molecule has 72 valence electrons. The van der Waals surface area contributed by atoms with Crippen molar-refractivity contribution in [2.45, 2.75) is 25.9 Å². The van der Waals surface area contributed by atoms with Gasteiger partial charge in [-0.2, -0.15) is 0 Å². The molecule has 0 aromatic rings. The Balaban J connectivity index is 3.22. The van der Waals surface area contributed by atoms with Crippen molar-refractivity contribution < 1.29 is 5.73 Å². The normalized spacial score (nSPS) is 29.6. The van der Waals surface area contributed by atoms with Crippen LogP contribution in [0.25, 0.3) is 0 Å². The van der Waals surface area contributed by atoms with Gasteiger partial charge >= 0.3 is 0 Å². The maximum Gasteiger partial charge on any atom is 0.142 e. The molecule has 0 saturated carbocycles. The summed E-state index contributed by atoms with van der Waals surface area (Å²) in [5.41, 5.74) is 13.4. The van der Waals surface area contributed by atoms with Crippen molar-refractivity contribution in [3.05, 3.63) is 20.4 Å². The lowest BCUT2D eigenvalue weighted by Gasteiger charge is -2.26. The molecule has 0 fully saturated rings. The van der Waals surface area contributed by atoms with Crippen molar-refractivity contribution in [2.24, 2.45) is 10.7 Å². The number of quaternary nitrogens is 1. The maximum atomic E-state index is 6.01. The molecule has 0 aromatic carbocycles. The van der Waals surface area contributed by atoms with Crippen LogP contribution < -0.4 is 11.5 Å². The van der Waals surface area contributed by atoms with Crippen LogP contribution in [0.15, 0.2) is 25.4 Å². The fraction of sp³-hybridized carbons (Fsp3) is 0.444. The van der Waals surface area contributed by atoms with Gasteiger partial charge in [0.1, 0.15) is 11.7 Å². The van der Waals surface area contributed by atoms with Gasteiger partial charge in [-0.05, 0) is 48.7 Å². The molecule has 0 spiro atoms. The first kappa shape index (κ1) is 10.9. The number of nitrogens with zero attached hydrogens (tertiary/aromatic N) is 1. The lowest BCUT2D eigenvalue weighted by molar-refractivity contribution is -0.311. The fourth-order valence-electron chi connectivity index (χ4n) is 1.48. The summed E-state index contributed by atoms with van der Waals surface area (Å²) in [4.78, 5) is 4.01. The second kappa shape index (κ2) is 3.89. The van der Waals surface area contributed by atoms with E-state index in [-0.39, 0.29) is 12.1 Å². The molecular formula is C9H15IN3+. The van der Waals surface area contributed by atoms with Crippen LogP contribution >= 0.6 is 22.6 Å². The number of nitrogens with two attached hydrogens (primary N) is 1. The molecule has 13 heavy (non-hydrogen) atoms. The summed E-state index contributed by atoms with van der Waals surface area (Å²) >= 11 is 2.31. The van der Waals surface area contributed by atoms with Gasteiger partial charge in [-0.3, -0.25) is 4.99 Å². The highest BCUT2D eigenvalue weighted by Crippen LogP contribution is 2.32. The predicted octanol–water partition coefficient (Wildman–Crippen LogP) is 0.621. The number of halogens is 1. The third-order valence-electron chi connectivity index (χ3n) is 2.55. The molecule has 0 aliphatic heterocycles. The molecule has 0 bridgehead atoms. The third-order valence-corrected chi connectivity index (χ3v) is 4.21. The van der Waals surface area contributed by atoms with E-state index in [1.807, 2.05) is 6.92 Å². The minimum absolute atomic E-state index is 0.0430. The second-order valence-corrected chi connectivity index (χ2v) is 4.38. The van der Waals surface area contributed by atoms with Crippen molar-refractivity contribution in [1.29, 1.82) is 0 Å². The lowest BCUT2D eigenvalue weighted by atomic mass is 9.90. The molecule has 4 heteroatoms. The van der Waals surface area contributed by atoms with Gasteiger partial charge < -0.3 is 11.5 Å². The van der Waals surface area contributed by atoms with Crippen molar-refractivity contribution >= 4 is 29.3 Å². The molecule has 1 aliphatic rings. The summed E-state index contributed by atoms with van der Waals surface area (Å²) in [6, 6.07) is -0.0980. The third kappa shape index (κ3) is 1.70. The Labute approximate surface area is 92.1 Å². The Hall–Kier alpha value is -0.200. The number of aliphatic imine (C=N–C) groups is 1. The van der Waals surface area contributed by atoms with Gasteiger partial charge in [0.25, 0.3) is 0 Å². The average Bonchev–Trinajstić information content (AvgIpc) is 2.13. The van der Waals surface area contributed by atoms with Crippen LogP contribution in [-0.2, 0) is 0 Å². The summed E-state index contributed by atoms with van der Waals surface area (Å²) in [6.45, 7) is 7.65. The Morgan fingerprint density at radius 2 is 2.08 bits per heavy atom. The van der Waals surface area contributed by atoms with E-state index in [0.29, 0.717) is 0 Å². The van der Waals surface area contributed by atoms with Crippen LogP contribution in [0.2, 0.25) is 0 Å². The zero-order valence-electron chi connectivity index (χ0n) is 7.97. The van der Waals surface area contributed by atoms with Gasteiger partial charge in [0.15, 0.2) is 0 Å². The summed E-state index contributed by atoms with van der Waals surface area (Å²) in [5, 5.41) is 0. The van der Waals surface area contributed by atoms with Gasteiger partial charge in [0.2, 0.25) is 0 Å². The Morgan fingerprint density at radius 1 is 1.54 bits per heavy atom. The molecule has 3 nitrogen and oxygen atoms in total. The molecule has 0 saturated heterocycles. The minimum Gasteiger partial charge on any atom is -0.327 e. The molecule has 1 rings (SSSR count). The fourth-order valence-corrected chi connectivity index (χ4v) is 2.19. The zero-order valence-corrected chi connectivity index (χ0v) is 10.1. The van der Waals surface area contributed by atoms with Crippen LogP contribution in [-0.4, -0.2) is 18.8 Å². The first-order valence-corrected chi connectivity index (χ1v) is 5.19. The van der Waals surface area contributed by atoms with Gasteiger partial charge in [-0.25, -0.2) is 0 Å². The smallest absolute Gasteiger partial charge is 0.142 e. The van der Waals surface area contributed by atoms with Crippen LogP contribution in [0.1, 0.15) is 13.8 Å². The van der Waals surface area contributed by atoms with Crippen molar-refractivity contribution in [2.75, 3.05) is 0 Å². The van der Waals surface area contributed by atoms with Gasteiger partial charge in [0.05, 0.1) is 6.04 Å². The highest BCUT2D eigenvalue weighted by Gasteiger charge is 2.31. The van der Waals surface area contributed by atoms with E-state index in [9.17, 15) is 0 Å². The molecule has 0 aromatic heterocycles. The zero-order chi connectivity index (χ0) is 10.2. The Bertz CT molecular complexity index is 304. The van der Waals surface area contributed by atoms with E-state index >= 15 is 0 Å². The highest BCUT2D eigenvalue weighted by atomic mass is 127. The summed E-state index contributed by atoms with van der Waals surface area (Å²) in [6.07, 6.45) is 0. The molecule has 2 atom stereocenters.